The molecule has 0 heterocycles. The standard InChI is InChI=1S/C13H20N2O3/c1-4-13(2,17)8-15-12(16)9-6-5-7-10(14)11(9)18-3/h5-7,17H,4,8,14H2,1-3H3,(H,15,16). The Labute approximate surface area is 107 Å². The molecule has 1 rings (SSSR count). The summed E-state index contributed by atoms with van der Waals surface area (Å²) in [4.78, 5) is 12.0. The largest absolute Gasteiger partial charge is 0.494 e. The number of amides is 1. The van der Waals surface area contributed by atoms with Crippen molar-refractivity contribution in [2.75, 3.05) is 19.4 Å². The number of aliphatic hydroxyl groups is 1. The van der Waals surface area contributed by atoms with Crippen molar-refractivity contribution >= 4 is 11.6 Å². The van der Waals surface area contributed by atoms with Crippen LogP contribution in [0.5, 0.6) is 5.75 Å². The molecule has 1 atom stereocenters. The quantitative estimate of drug-likeness (QED) is 0.687. The van der Waals surface area contributed by atoms with Crippen LogP contribution in [-0.4, -0.2) is 30.3 Å². The number of carbonyl (C=O) groups excluding carboxylic acids is 1. The zero-order chi connectivity index (χ0) is 13.8. The molecule has 0 aliphatic rings. The molecule has 0 saturated heterocycles. The van der Waals surface area contributed by atoms with Crippen molar-refractivity contribution in [2.24, 2.45) is 0 Å². The van der Waals surface area contributed by atoms with E-state index in [2.05, 4.69) is 5.32 Å². The van der Waals surface area contributed by atoms with Gasteiger partial charge in [-0.3, -0.25) is 4.79 Å². The molecule has 0 aromatic heterocycles. The molecular weight excluding hydrogens is 232 g/mol. The van der Waals surface area contributed by atoms with Gasteiger partial charge in [0.2, 0.25) is 0 Å². The van der Waals surface area contributed by atoms with Gasteiger partial charge in [0.25, 0.3) is 5.91 Å². The van der Waals surface area contributed by atoms with Crippen LogP contribution in [0.15, 0.2) is 18.2 Å². The fraction of sp³-hybridized carbons (Fsp3) is 0.462. The van der Waals surface area contributed by atoms with Gasteiger partial charge in [0.05, 0.1) is 24.0 Å². The number of ether oxygens (including phenoxy) is 1. The van der Waals surface area contributed by atoms with Crippen molar-refractivity contribution in [3.63, 3.8) is 0 Å². The molecule has 1 amide bonds. The van der Waals surface area contributed by atoms with Crippen molar-refractivity contribution in [3.05, 3.63) is 23.8 Å². The zero-order valence-electron chi connectivity index (χ0n) is 11.0. The Balaban J connectivity index is 2.82. The van der Waals surface area contributed by atoms with Crippen molar-refractivity contribution in [1.82, 2.24) is 5.32 Å². The molecule has 5 heteroatoms. The topological polar surface area (TPSA) is 84.6 Å². The minimum Gasteiger partial charge on any atom is -0.494 e. The lowest BCUT2D eigenvalue weighted by atomic mass is 10.0. The van der Waals surface area contributed by atoms with Gasteiger partial charge in [0, 0.05) is 6.54 Å². The normalized spacial score (nSPS) is 13.8. The summed E-state index contributed by atoms with van der Waals surface area (Å²) in [6.45, 7) is 3.71. The summed E-state index contributed by atoms with van der Waals surface area (Å²) in [6, 6.07) is 4.98. The maximum Gasteiger partial charge on any atom is 0.255 e. The van der Waals surface area contributed by atoms with Crippen LogP contribution in [0, 0.1) is 0 Å². The third-order valence-electron chi connectivity index (χ3n) is 2.89. The number of para-hydroxylation sites is 1. The lowest BCUT2D eigenvalue weighted by molar-refractivity contribution is 0.0517. The van der Waals surface area contributed by atoms with Gasteiger partial charge >= 0.3 is 0 Å². The molecule has 1 unspecified atom stereocenters. The average Bonchev–Trinajstić information content (AvgIpc) is 2.35. The maximum atomic E-state index is 12.0. The van der Waals surface area contributed by atoms with E-state index in [9.17, 15) is 9.90 Å². The van der Waals surface area contributed by atoms with E-state index in [0.29, 0.717) is 23.4 Å². The van der Waals surface area contributed by atoms with Gasteiger partial charge in [-0.05, 0) is 25.5 Å². The first-order valence-corrected chi connectivity index (χ1v) is 5.84. The molecule has 0 fully saturated rings. The third kappa shape index (κ3) is 3.37. The maximum absolute atomic E-state index is 12.0. The first-order valence-electron chi connectivity index (χ1n) is 5.84. The van der Waals surface area contributed by atoms with Gasteiger partial charge in [0.1, 0.15) is 0 Å². The van der Waals surface area contributed by atoms with Crippen LogP contribution in [0.4, 0.5) is 5.69 Å². The summed E-state index contributed by atoms with van der Waals surface area (Å²) in [5, 5.41) is 12.5. The van der Waals surface area contributed by atoms with E-state index in [1.54, 1.807) is 25.1 Å². The SMILES string of the molecule is CCC(C)(O)CNC(=O)c1cccc(N)c1OC. The summed E-state index contributed by atoms with van der Waals surface area (Å²) in [7, 11) is 1.46. The Bertz CT molecular complexity index is 430. The van der Waals surface area contributed by atoms with Crippen LogP contribution in [0.3, 0.4) is 0 Å². The number of anilines is 1. The number of methoxy groups -OCH3 is 1. The Kier molecular flexibility index (Phi) is 4.55. The van der Waals surface area contributed by atoms with E-state index in [4.69, 9.17) is 10.5 Å². The molecule has 0 saturated carbocycles. The lowest BCUT2D eigenvalue weighted by Gasteiger charge is -2.22. The first kappa shape index (κ1) is 14.3. The zero-order valence-corrected chi connectivity index (χ0v) is 11.0. The van der Waals surface area contributed by atoms with Crippen LogP contribution in [-0.2, 0) is 0 Å². The van der Waals surface area contributed by atoms with Gasteiger partial charge in [-0.2, -0.15) is 0 Å². The number of benzene rings is 1. The van der Waals surface area contributed by atoms with E-state index in [-0.39, 0.29) is 12.5 Å². The summed E-state index contributed by atoms with van der Waals surface area (Å²) >= 11 is 0. The fourth-order valence-electron chi connectivity index (χ4n) is 1.45. The van der Waals surface area contributed by atoms with Gasteiger partial charge in [-0.1, -0.05) is 13.0 Å². The molecule has 18 heavy (non-hydrogen) atoms. The molecular formula is C13H20N2O3. The van der Waals surface area contributed by atoms with Crippen LogP contribution in [0.1, 0.15) is 30.6 Å². The third-order valence-corrected chi connectivity index (χ3v) is 2.89. The first-order chi connectivity index (χ1) is 8.41. The number of hydrogen-bond donors (Lipinski definition) is 3. The number of carbonyl (C=O) groups is 1. The van der Waals surface area contributed by atoms with E-state index < -0.39 is 5.60 Å². The number of hydrogen-bond acceptors (Lipinski definition) is 4. The van der Waals surface area contributed by atoms with Crippen molar-refractivity contribution in [2.45, 2.75) is 25.9 Å². The predicted octanol–water partition coefficient (Wildman–Crippen LogP) is 1.17. The molecule has 4 N–H and O–H groups in total. The molecule has 1 aromatic rings. The predicted molar refractivity (Wildman–Crippen MR) is 70.7 cm³/mol. The Hall–Kier alpha value is -1.75. The summed E-state index contributed by atoms with van der Waals surface area (Å²) < 4.78 is 5.11. The van der Waals surface area contributed by atoms with Crippen molar-refractivity contribution in [1.29, 1.82) is 0 Å². The lowest BCUT2D eigenvalue weighted by Crippen LogP contribution is -2.40. The van der Waals surface area contributed by atoms with E-state index in [1.165, 1.54) is 7.11 Å². The molecule has 0 bridgehead atoms. The highest BCUT2D eigenvalue weighted by Gasteiger charge is 2.20. The monoisotopic (exact) mass is 252 g/mol. The van der Waals surface area contributed by atoms with Gasteiger partial charge in [-0.25, -0.2) is 0 Å². The minimum atomic E-state index is -0.913. The molecule has 1 aromatic carbocycles. The van der Waals surface area contributed by atoms with Gasteiger partial charge < -0.3 is 20.9 Å². The van der Waals surface area contributed by atoms with Crippen LogP contribution in [0.2, 0.25) is 0 Å². The number of nitrogens with one attached hydrogen (secondary N) is 1. The van der Waals surface area contributed by atoms with Crippen LogP contribution < -0.4 is 15.8 Å². The minimum absolute atomic E-state index is 0.181. The Morgan fingerprint density at radius 1 is 1.56 bits per heavy atom. The highest BCUT2D eigenvalue weighted by atomic mass is 16.5. The highest BCUT2D eigenvalue weighted by molar-refractivity contribution is 5.98. The second kappa shape index (κ2) is 5.73. The van der Waals surface area contributed by atoms with Crippen LogP contribution >= 0.6 is 0 Å². The van der Waals surface area contributed by atoms with E-state index >= 15 is 0 Å². The summed E-state index contributed by atoms with van der Waals surface area (Å²) in [5.41, 5.74) is 5.58. The smallest absolute Gasteiger partial charge is 0.255 e. The van der Waals surface area contributed by atoms with E-state index in [1.807, 2.05) is 6.92 Å². The van der Waals surface area contributed by atoms with Gasteiger partial charge in [-0.15, -0.1) is 0 Å². The summed E-state index contributed by atoms with van der Waals surface area (Å²) in [5.74, 6) is 0.0408. The fourth-order valence-corrected chi connectivity index (χ4v) is 1.45. The second-order valence-corrected chi connectivity index (χ2v) is 4.46. The van der Waals surface area contributed by atoms with Crippen molar-refractivity contribution in [3.8, 4) is 5.75 Å². The molecule has 0 aliphatic carbocycles. The second-order valence-electron chi connectivity index (χ2n) is 4.46. The van der Waals surface area contributed by atoms with Crippen LogP contribution in [0.25, 0.3) is 0 Å². The molecule has 0 radical (unpaired) electrons. The number of nitrogen functional groups attached to an aromatic ring is 1. The van der Waals surface area contributed by atoms with Gasteiger partial charge in [0.15, 0.2) is 5.75 Å². The molecule has 0 spiro atoms. The Morgan fingerprint density at radius 2 is 2.22 bits per heavy atom. The average molecular weight is 252 g/mol. The summed E-state index contributed by atoms with van der Waals surface area (Å²) in [6.07, 6.45) is 0.557. The number of nitrogens with two attached hydrogens (primary N) is 1. The Morgan fingerprint density at radius 3 is 2.78 bits per heavy atom. The molecule has 5 nitrogen and oxygen atoms in total. The number of rotatable bonds is 5. The van der Waals surface area contributed by atoms with Crippen molar-refractivity contribution < 1.29 is 14.6 Å². The van der Waals surface area contributed by atoms with E-state index in [0.717, 1.165) is 0 Å². The highest BCUT2D eigenvalue weighted by Crippen LogP contribution is 2.25. The molecule has 0 aliphatic heterocycles. The molecule has 100 valence electrons.